The highest BCUT2D eigenvalue weighted by Gasteiger charge is 2.43. The van der Waals surface area contributed by atoms with Crippen molar-refractivity contribution in [2.24, 2.45) is 5.92 Å². The van der Waals surface area contributed by atoms with Crippen LogP contribution in [0.3, 0.4) is 0 Å². The first kappa shape index (κ1) is 16.6. The second kappa shape index (κ2) is 5.99. The molecule has 0 aliphatic heterocycles. The van der Waals surface area contributed by atoms with Gasteiger partial charge in [0.2, 0.25) is 0 Å². The molecule has 126 valence electrons. The molecule has 7 heteroatoms. The number of carbonyl (C=O) groups is 1. The van der Waals surface area contributed by atoms with Gasteiger partial charge >= 0.3 is 0 Å². The minimum absolute atomic E-state index is 0.208. The molecule has 1 aliphatic carbocycles. The molecule has 3 rings (SSSR count). The summed E-state index contributed by atoms with van der Waals surface area (Å²) in [5, 5.41) is 20.5. The maximum Gasteiger partial charge on any atom is 0.269 e. The van der Waals surface area contributed by atoms with Gasteiger partial charge in [-0.05, 0) is 23.3 Å². The first-order chi connectivity index (χ1) is 11.3. The molecule has 0 fully saturated rings. The molecule has 0 saturated carbocycles. The van der Waals surface area contributed by atoms with E-state index >= 15 is 0 Å². The van der Waals surface area contributed by atoms with Gasteiger partial charge in [-0.3, -0.25) is 4.79 Å². The van der Waals surface area contributed by atoms with Crippen LogP contribution in [0.15, 0.2) is 36.4 Å². The zero-order valence-electron chi connectivity index (χ0n) is 12.1. The van der Waals surface area contributed by atoms with Crippen molar-refractivity contribution >= 4 is 5.78 Å². The molecule has 0 radical (unpaired) electrons. The minimum Gasteiger partial charge on any atom is -0.388 e. The van der Waals surface area contributed by atoms with Crippen molar-refractivity contribution in [2.45, 2.75) is 18.6 Å². The number of rotatable bonds is 3. The molecule has 3 nitrogen and oxygen atoms in total. The van der Waals surface area contributed by atoms with Gasteiger partial charge in [-0.25, -0.2) is 17.6 Å². The molecular formula is C17H12F4O3. The minimum atomic E-state index is -3.35. The third-order valence-corrected chi connectivity index (χ3v) is 4.19. The molecule has 2 aromatic rings. The van der Waals surface area contributed by atoms with Crippen LogP contribution in [0, 0.1) is 17.6 Å². The summed E-state index contributed by atoms with van der Waals surface area (Å²) in [6, 6.07) is 7.26. The van der Waals surface area contributed by atoms with E-state index < -0.39 is 47.5 Å². The number of aliphatic hydroxyl groups is 2. The lowest BCUT2D eigenvalue weighted by Gasteiger charge is -2.21. The molecule has 0 heterocycles. The molecule has 0 amide bonds. The molecule has 2 aromatic carbocycles. The number of hydrogen-bond donors (Lipinski definition) is 2. The number of benzene rings is 2. The van der Waals surface area contributed by atoms with Crippen molar-refractivity contribution in [2.75, 3.05) is 0 Å². The average Bonchev–Trinajstić information content (AvgIpc) is 2.77. The first-order valence-electron chi connectivity index (χ1n) is 7.09. The van der Waals surface area contributed by atoms with Gasteiger partial charge in [0.15, 0.2) is 5.78 Å². The van der Waals surface area contributed by atoms with Crippen molar-refractivity contribution in [3.8, 4) is 0 Å². The van der Waals surface area contributed by atoms with Gasteiger partial charge in [0.1, 0.15) is 11.6 Å². The average molecular weight is 340 g/mol. The molecule has 24 heavy (non-hydrogen) atoms. The zero-order valence-corrected chi connectivity index (χ0v) is 12.1. The maximum absolute atomic E-state index is 13.7. The smallest absolute Gasteiger partial charge is 0.269 e. The highest BCUT2D eigenvalue weighted by Crippen LogP contribution is 2.43. The van der Waals surface area contributed by atoms with Gasteiger partial charge in [0.25, 0.3) is 6.43 Å². The number of halogens is 4. The Morgan fingerprint density at radius 3 is 2.17 bits per heavy atom. The number of hydrogen-bond acceptors (Lipinski definition) is 3. The van der Waals surface area contributed by atoms with Crippen LogP contribution in [0.4, 0.5) is 17.6 Å². The molecule has 3 atom stereocenters. The van der Waals surface area contributed by atoms with Gasteiger partial charge in [-0.15, -0.1) is 0 Å². The molecule has 0 aromatic heterocycles. The van der Waals surface area contributed by atoms with Crippen LogP contribution in [-0.2, 0) is 0 Å². The summed E-state index contributed by atoms with van der Waals surface area (Å²) in [7, 11) is 0. The summed E-state index contributed by atoms with van der Waals surface area (Å²) in [5.41, 5.74) is -1.27. The lowest BCUT2D eigenvalue weighted by Crippen LogP contribution is -2.22. The Kier molecular flexibility index (Phi) is 4.15. The van der Waals surface area contributed by atoms with Crippen LogP contribution in [0.2, 0.25) is 0 Å². The van der Waals surface area contributed by atoms with Crippen LogP contribution >= 0.6 is 0 Å². The Morgan fingerprint density at radius 1 is 1.04 bits per heavy atom. The Morgan fingerprint density at radius 2 is 1.62 bits per heavy atom. The Labute approximate surface area is 134 Å². The maximum atomic E-state index is 13.7. The lowest BCUT2D eigenvalue weighted by atomic mass is 9.90. The molecular weight excluding hydrogens is 328 g/mol. The summed E-state index contributed by atoms with van der Waals surface area (Å²) < 4.78 is 52.6. The van der Waals surface area contributed by atoms with Crippen LogP contribution in [0.5, 0.6) is 0 Å². The quantitative estimate of drug-likeness (QED) is 0.841. The van der Waals surface area contributed by atoms with E-state index in [-0.39, 0.29) is 11.1 Å². The van der Waals surface area contributed by atoms with E-state index in [2.05, 4.69) is 0 Å². The molecule has 2 N–H and O–H groups in total. The highest BCUT2D eigenvalue weighted by molar-refractivity contribution is 6.03. The molecule has 0 bridgehead atoms. The predicted molar refractivity (Wildman–Crippen MR) is 75.5 cm³/mol. The molecule has 0 saturated heterocycles. The normalized spacial score (nSPS) is 21.2. The van der Waals surface area contributed by atoms with Crippen LogP contribution in [0.1, 0.15) is 45.7 Å². The Bertz CT molecular complexity index is 783. The molecule has 3 unspecified atom stereocenters. The van der Waals surface area contributed by atoms with E-state index in [4.69, 9.17) is 0 Å². The van der Waals surface area contributed by atoms with E-state index in [1.807, 2.05) is 0 Å². The number of ketones is 1. The molecule has 1 aliphatic rings. The van der Waals surface area contributed by atoms with Crippen molar-refractivity contribution in [1.82, 2.24) is 0 Å². The standard InChI is InChI=1S/C17H12F4O3/c18-10-5-7(6-11(19)12(10)17(20)21)14(22)13-15(23)8-3-1-2-4-9(8)16(13)24/h1-6,13-15,17,22-23H. The van der Waals surface area contributed by atoms with Gasteiger partial charge in [-0.2, -0.15) is 0 Å². The van der Waals surface area contributed by atoms with Crippen molar-refractivity contribution in [1.29, 1.82) is 0 Å². The number of alkyl halides is 2. The van der Waals surface area contributed by atoms with Gasteiger partial charge < -0.3 is 10.2 Å². The lowest BCUT2D eigenvalue weighted by molar-refractivity contribution is 0.0221. The molecule has 0 spiro atoms. The monoisotopic (exact) mass is 340 g/mol. The fourth-order valence-electron chi connectivity index (χ4n) is 3.00. The number of Topliss-reactive ketones (excluding diaryl/α,β-unsaturated/α-hetero) is 1. The second-order valence-corrected chi connectivity index (χ2v) is 5.57. The highest BCUT2D eigenvalue weighted by atomic mass is 19.3. The van der Waals surface area contributed by atoms with E-state index in [0.717, 1.165) is 0 Å². The zero-order chi connectivity index (χ0) is 17.6. The largest absolute Gasteiger partial charge is 0.388 e. The Balaban J connectivity index is 1.99. The summed E-state index contributed by atoms with van der Waals surface area (Å²) >= 11 is 0. The third-order valence-electron chi connectivity index (χ3n) is 4.19. The summed E-state index contributed by atoms with van der Waals surface area (Å²) in [4.78, 5) is 12.3. The number of carbonyl (C=O) groups excluding carboxylic acids is 1. The SMILES string of the molecule is O=C1c2ccccc2C(O)C1C(O)c1cc(F)c(C(F)F)c(F)c1. The van der Waals surface area contributed by atoms with Gasteiger partial charge in [0.05, 0.1) is 23.7 Å². The first-order valence-corrected chi connectivity index (χ1v) is 7.09. The fourth-order valence-corrected chi connectivity index (χ4v) is 3.00. The van der Waals surface area contributed by atoms with E-state index in [9.17, 15) is 32.6 Å². The van der Waals surface area contributed by atoms with Crippen molar-refractivity contribution in [3.63, 3.8) is 0 Å². The number of fused-ring (bicyclic) bond motifs is 1. The predicted octanol–water partition coefficient (Wildman–Crippen LogP) is 3.48. The van der Waals surface area contributed by atoms with Crippen LogP contribution in [0.25, 0.3) is 0 Å². The second-order valence-electron chi connectivity index (χ2n) is 5.57. The summed E-state index contributed by atoms with van der Waals surface area (Å²) in [6.07, 6.45) is -6.45. The van der Waals surface area contributed by atoms with E-state index in [1.54, 1.807) is 12.1 Å². The van der Waals surface area contributed by atoms with Gasteiger partial charge in [0, 0.05) is 5.56 Å². The fraction of sp³-hybridized carbons (Fsp3) is 0.235. The van der Waals surface area contributed by atoms with E-state index in [0.29, 0.717) is 17.7 Å². The third kappa shape index (κ3) is 2.50. The summed E-state index contributed by atoms with van der Waals surface area (Å²) in [5.74, 6) is -4.98. The van der Waals surface area contributed by atoms with E-state index in [1.165, 1.54) is 12.1 Å². The van der Waals surface area contributed by atoms with Gasteiger partial charge in [-0.1, -0.05) is 24.3 Å². The Hall–Kier alpha value is -2.25. The van der Waals surface area contributed by atoms with Crippen molar-refractivity contribution < 1.29 is 32.6 Å². The summed E-state index contributed by atoms with van der Waals surface area (Å²) in [6.45, 7) is 0. The van der Waals surface area contributed by atoms with Crippen LogP contribution < -0.4 is 0 Å². The van der Waals surface area contributed by atoms with Crippen LogP contribution in [-0.4, -0.2) is 16.0 Å². The topological polar surface area (TPSA) is 57.5 Å². The number of aliphatic hydroxyl groups excluding tert-OH is 2. The van der Waals surface area contributed by atoms with Crippen molar-refractivity contribution in [3.05, 3.63) is 70.3 Å².